The van der Waals surface area contributed by atoms with E-state index < -0.39 is 0 Å². The second kappa shape index (κ2) is 6.25. The van der Waals surface area contributed by atoms with Gasteiger partial charge < -0.3 is 19.4 Å². The molecule has 134 valence electrons. The summed E-state index contributed by atoms with van der Waals surface area (Å²) in [6.45, 7) is 3.54. The lowest BCUT2D eigenvalue weighted by molar-refractivity contribution is 0.257. The van der Waals surface area contributed by atoms with Gasteiger partial charge >= 0.3 is 0 Å². The minimum atomic E-state index is 0.0908. The van der Waals surface area contributed by atoms with Gasteiger partial charge in [0.15, 0.2) is 0 Å². The van der Waals surface area contributed by atoms with E-state index in [2.05, 4.69) is 30.9 Å². The van der Waals surface area contributed by atoms with Gasteiger partial charge in [0, 0.05) is 62.0 Å². The van der Waals surface area contributed by atoms with Gasteiger partial charge in [0.25, 0.3) is 5.56 Å². The highest BCUT2D eigenvalue weighted by Crippen LogP contribution is 2.32. The first-order chi connectivity index (χ1) is 12.8. The molecule has 7 heteroatoms. The molecule has 1 saturated heterocycles. The fourth-order valence-corrected chi connectivity index (χ4v) is 4.36. The zero-order valence-corrected chi connectivity index (χ0v) is 14.6. The lowest BCUT2D eigenvalue weighted by atomic mass is 9.84. The maximum atomic E-state index is 13.2. The number of nitrogens with one attached hydrogen (secondary N) is 2. The molecule has 3 aromatic heterocycles. The van der Waals surface area contributed by atoms with E-state index in [1.165, 1.54) is 6.42 Å². The van der Waals surface area contributed by atoms with Crippen LogP contribution >= 0.6 is 0 Å². The molecule has 5 rings (SSSR count). The number of aromatic amines is 1. The smallest absolute Gasteiger partial charge is 0.261 e. The Morgan fingerprint density at radius 2 is 2.23 bits per heavy atom. The normalized spacial score (nSPS) is 21.5. The summed E-state index contributed by atoms with van der Waals surface area (Å²) in [5, 5.41) is 3.49. The molecule has 2 aliphatic heterocycles. The first kappa shape index (κ1) is 15.6. The number of aryl methyl sites for hydroxylation is 2. The molecule has 0 unspecified atom stereocenters. The van der Waals surface area contributed by atoms with E-state index in [4.69, 9.17) is 0 Å². The van der Waals surface area contributed by atoms with Crippen LogP contribution in [0.5, 0.6) is 0 Å². The van der Waals surface area contributed by atoms with Crippen molar-refractivity contribution in [3.8, 4) is 11.4 Å². The van der Waals surface area contributed by atoms with E-state index in [9.17, 15) is 4.79 Å². The molecule has 3 aromatic rings. The number of pyridine rings is 1. The Morgan fingerprint density at radius 1 is 1.27 bits per heavy atom. The third-order valence-corrected chi connectivity index (χ3v) is 5.64. The van der Waals surface area contributed by atoms with Gasteiger partial charge in [-0.2, -0.15) is 0 Å². The SMILES string of the molecule is O=c1c(-c2nccn2CCc2cnc[nH]2)ccc2n1C[C@@H]1CNC[C@H]2C1. The van der Waals surface area contributed by atoms with Crippen LogP contribution in [0.4, 0.5) is 0 Å². The van der Waals surface area contributed by atoms with Crippen molar-refractivity contribution in [1.82, 2.24) is 29.4 Å². The van der Waals surface area contributed by atoms with Gasteiger partial charge in [-0.3, -0.25) is 4.79 Å². The van der Waals surface area contributed by atoms with Crippen molar-refractivity contribution in [1.29, 1.82) is 0 Å². The molecular weight excluding hydrogens is 328 g/mol. The summed E-state index contributed by atoms with van der Waals surface area (Å²) in [5.74, 6) is 1.75. The van der Waals surface area contributed by atoms with Crippen molar-refractivity contribution in [2.24, 2.45) is 5.92 Å². The predicted octanol–water partition coefficient (Wildman–Crippen LogP) is 1.38. The second-order valence-corrected chi connectivity index (χ2v) is 7.32. The summed E-state index contributed by atoms with van der Waals surface area (Å²) in [6.07, 6.45) is 9.23. The average molecular weight is 350 g/mol. The summed E-state index contributed by atoms with van der Waals surface area (Å²) in [6, 6.07) is 4.08. The Morgan fingerprint density at radius 3 is 3.12 bits per heavy atom. The zero-order chi connectivity index (χ0) is 17.5. The maximum absolute atomic E-state index is 13.2. The first-order valence-corrected chi connectivity index (χ1v) is 9.23. The average Bonchev–Trinajstić information content (AvgIpc) is 3.33. The first-order valence-electron chi connectivity index (χ1n) is 9.23. The summed E-state index contributed by atoms with van der Waals surface area (Å²) >= 11 is 0. The van der Waals surface area contributed by atoms with E-state index >= 15 is 0 Å². The number of H-pyrrole nitrogens is 1. The fourth-order valence-electron chi connectivity index (χ4n) is 4.36. The number of rotatable bonds is 4. The zero-order valence-electron chi connectivity index (χ0n) is 14.6. The van der Waals surface area contributed by atoms with Crippen molar-refractivity contribution in [2.75, 3.05) is 13.1 Å². The predicted molar refractivity (Wildman–Crippen MR) is 97.9 cm³/mol. The number of hydrogen-bond acceptors (Lipinski definition) is 4. The maximum Gasteiger partial charge on any atom is 0.261 e. The number of nitrogens with zero attached hydrogens (tertiary/aromatic N) is 4. The number of hydrogen-bond donors (Lipinski definition) is 2. The molecule has 1 fully saturated rings. The molecular formula is C19H22N6O. The van der Waals surface area contributed by atoms with Gasteiger partial charge in [0.2, 0.25) is 0 Å². The quantitative estimate of drug-likeness (QED) is 0.745. The molecule has 0 aromatic carbocycles. The van der Waals surface area contributed by atoms with Crippen molar-refractivity contribution < 1.29 is 0 Å². The molecule has 0 saturated carbocycles. The highest BCUT2D eigenvalue weighted by atomic mass is 16.1. The summed E-state index contributed by atoms with van der Waals surface area (Å²) < 4.78 is 4.04. The molecule has 2 N–H and O–H groups in total. The Labute approximate surface area is 151 Å². The highest BCUT2D eigenvalue weighted by molar-refractivity contribution is 5.54. The second-order valence-electron chi connectivity index (χ2n) is 7.32. The van der Waals surface area contributed by atoms with Gasteiger partial charge in [-0.15, -0.1) is 0 Å². The summed E-state index contributed by atoms with van der Waals surface area (Å²) in [4.78, 5) is 24.9. The lowest BCUT2D eigenvalue weighted by Crippen LogP contribution is -2.45. The fraction of sp³-hybridized carbons (Fsp3) is 0.421. The molecule has 0 aliphatic carbocycles. The van der Waals surface area contributed by atoms with E-state index in [0.717, 1.165) is 49.8 Å². The van der Waals surface area contributed by atoms with E-state index in [1.54, 1.807) is 12.5 Å². The molecule has 0 amide bonds. The lowest BCUT2D eigenvalue weighted by Gasteiger charge is -2.37. The van der Waals surface area contributed by atoms with Crippen LogP contribution in [0.15, 0.2) is 41.8 Å². The molecule has 5 heterocycles. The van der Waals surface area contributed by atoms with Crippen LogP contribution < -0.4 is 10.9 Å². The largest absolute Gasteiger partial charge is 0.348 e. The van der Waals surface area contributed by atoms with Crippen molar-refractivity contribution in [3.63, 3.8) is 0 Å². The Balaban J connectivity index is 1.49. The molecule has 0 radical (unpaired) electrons. The van der Waals surface area contributed by atoms with Crippen LogP contribution in [0.25, 0.3) is 11.4 Å². The van der Waals surface area contributed by atoms with Crippen LogP contribution in [0.3, 0.4) is 0 Å². The Kier molecular flexibility index (Phi) is 3.74. The standard InChI is InChI=1S/C19H22N6O/c26-19-16(1-2-17-14-7-13(8-20-9-14)11-25(17)19)18-22-4-6-24(18)5-3-15-10-21-12-23-15/h1-2,4,6,10,12-14,20H,3,5,7-9,11H2,(H,21,23)/t13-,14+/m0/s1. The third-order valence-electron chi connectivity index (χ3n) is 5.64. The van der Waals surface area contributed by atoms with Crippen LogP contribution in [0.2, 0.25) is 0 Å². The van der Waals surface area contributed by atoms with E-state index in [-0.39, 0.29) is 5.56 Å². The molecule has 26 heavy (non-hydrogen) atoms. The molecule has 0 spiro atoms. The minimum Gasteiger partial charge on any atom is -0.348 e. The number of aromatic nitrogens is 5. The van der Waals surface area contributed by atoms with Crippen molar-refractivity contribution in [2.45, 2.75) is 31.8 Å². The highest BCUT2D eigenvalue weighted by Gasteiger charge is 2.31. The summed E-state index contributed by atoms with van der Waals surface area (Å²) in [7, 11) is 0. The van der Waals surface area contributed by atoms with Crippen molar-refractivity contribution in [3.05, 3.63) is 58.8 Å². The van der Waals surface area contributed by atoms with Crippen molar-refractivity contribution >= 4 is 0 Å². The molecule has 7 nitrogen and oxygen atoms in total. The molecule has 2 atom stereocenters. The van der Waals surface area contributed by atoms with Crippen LogP contribution in [-0.4, -0.2) is 37.2 Å². The third kappa shape index (κ3) is 2.59. The van der Waals surface area contributed by atoms with E-state index in [0.29, 0.717) is 17.4 Å². The Hall–Kier alpha value is -2.67. The van der Waals surface area contributed by atoms with Gasteiger partial charge in [-0.05, 0) is 31.0 Å². The number of imidazole rings is 2. The number of piperidine rings is 1. The van der Waals surface area contributed by atoms with E-state index in [1.807, 2.05) is 23.0 Å². The van der Waals surface area contributed by atoms with Gasteiger partial charge in [-0.25, -0.2) is 9.97 Å². The Bertz CT molecular complexity index is 970. The van der Waals surface area contributed by atoms with Gasteiger partial charge in [0.05, 0.1) is 11.9 Å². The van der Waals surface area contributed by atoms with Crippen LogP contribution in [-0.2, 0) is 19.5 Å². The summed E-state index contributed by atoms with van der Waals surface area (Å²) in [5.41, 5.74) is 3.02. The van der Waals surface area contributed by atoms with Gasteiger partial charge in [0.1, 0.15) is 5.82 Å². The minimum absolute atomic E-state index is 0.0908. The topological polar surface area (TPSA) is 80.5 Å². The monoisotopic (exact) mass is 350 g/mol. The van der Waals surface area contributed by atoms with Gasteiger partial charge in [-0.1, -0.05) is 0 Å². The van der Waals surface area contributed by atoms with Crippen LogP contribution in [0, 0.1) is 5.92 Å². The molecule has 2 aliphatic rings. The van der Waals surface area contributed by atoms with Crippen LogP contribution in [0.1, 0.15) is 23.7 Å². The molecule has 2 bridgehead atoms. The number of fused-ring (bicyclic) bond motifs is 4.